The molecular weight excluding hydrogens is 429 g/mol. The third kappa shape index (κ3) is 3.48. The minimum Gasteiger partial charge on any atom is -0.454 e. The Morgan fingerprint density at radius 3 is 2.57 bits per heavy atom. The van der Waals surface area contributed by atoms with Crippen molar-refractivity contribution in [2.24, 2.45) is 5.10 Å². The van der Waals surface area contributed by atoms with Crippen LogP contribution in [0.25, 0.3) is 10.8 Å². The molecule has 148 valence electrons. The van der Waals surface area contributed by atoms with Crippen LogP contribution >= 0.6 is 23.2 Å². The highest BCUT2D eigenvalue weighted by Crippen LogP contribution is 2.40. The molecule has 2 heterocycles. The molecule has 0 bridgehead atoms. The number of hydrogen-bond donors (Lipinski definition) is 2. The van der Waals surface area contributed by atoms with Gasteiger partial charge in [0.25, 0.3) is 5.56 Å². The van der Waals surface area contributed by atoms with Crippen molar-refractivity contribution in [1.82, 2.24) is 10.3 Å². The lowest BCUT2D eigenvalue weighted by atomic mass is 10.1. The highest BCUT2D eigenvalue weighted by molar-refractivity contribution is 6.37. The third-order valence-electron chi connectivity index (χ3n) is 4.23. The Morgan fingerprint density at radius 1 is 1.13 bits per heavy atom. The van der Waals surface area contributed by atoms with Crippen LogP contribution in [0.5, 0.6) is 11.5 Å². The summed E-state index contributed by atoms with van der Waals surface area (Å²) in [5.74, 6) is 0.582. The van der Waals surface area contributed by atoms with E-state index in [1.807, 2.05) is 6.07 Å². The van der Waals surface area contributed by atoms with E-state index in [1.54, 1.807) is 24.3 Å². The minimum atomic E-state index is -0.612. The molecule has 1 aliphatic rings. The number of nitrogens with zero attached hydrogens (tertiary/aromatic N) is 3. The first-order valence-electron chi connectivity index (χ1n) is 8.45. The number of hydrazone groups is 1. The van der Waals surface area contributed by atoms with Crippen LogP contribution in [0.2, 0.25) is 10.0 Å². The van der Waals surface area contributed by atoms with Gasteiger partial charge in [0.2, 0.25) is 0 Å². The lowest BCUT2D eigenvalue weighted by molar-refractivity contribution is 0.248. The molecule has 2 N–H and O–H groups in total. The second-order valence-electron chi connectivity index (χ2n) is 6.18. The van der Waals surface area contributed by atoms with Gasteiger partial charge in [-0.25, -0.2) is 4.79 Å². The molecular formula is C20H11Cl2N5O3. The van der Waals surface area contributed by atoms with E-state index in [0.717, 1.165) is 5.01 Å². The molecule has 0 saturated heterocycles. The van der Waals surface area contributed by atoms with Crippen LogP contribution in [0.15, 0.2) is 64.8 Å². The van der Waals surface area contributed by atoms with Gasteiger partial charge in [-0.2, -0.15) is 15.4 Å². The Kier molecular flexibility index (Phi) is 4.91. The number of nitrogens with one attached hydrogen (secondary N) is 2. The average molecular weight is 440 g/mol. The van der Waals surface area contributed by atoms with Crippen LogP contribution in [-0.4, -0.2) is 16.7 Å². The number of rotatable bonds is 3. The summed E-state index contributed by atoms with van der Waals surface area (Å²) in [7, 11) is 0. The Morgan fingerprint density at radius 2 is 1.87 bits per heavy atom. The fourth-order valence-electron chi connectivity index (χ4n) is 2.83. The highest BCUT2D eigenvalue weighted by atomic mass is 35.5. The number of aromatic nitrogens is 1. The molecule has 0 aliphatic carbocycles. The van der Waals surface area contributed by atoms with E-state index in [9.17, 15) is 9.59 Å². The first-order valence-corrected chi connectivity index (χ1v) is 9.20. The molecule has 1 aromatic heterocycles. The van der Waals surface area contributed by atoms with Crippen LogP contribution in [0.1, 0.15) is 0 Å². The van der Waals surface area contributed by atoms with Gasteiger partial charge in [-0.05, 0) is 41.8 Å². The summed E-state index contributed by atoms with van der Waals surface area (Å²) in [6.07, 6.45) is 1.54. The zero-order valence-electron chi connectivity index (χ0n) is 15.1. The standard InChI is InChI=1S/C20H11Cl2N5O3/c1-10-17(9-23)26-27(20(29)25-10)12-7-15(21)18(16(22)8-12)30-13-2-3-14-11(6-13)4-5-24-19(14)28/h2-8H,1H2,(H,24,28)(H,25,29). The summed E-state index contributed by atoms with van der Waals surface area (Å²) >= 11 is 12.7. The predicted molar refractivity (Wildman–Crippen MR) is 114 cm³/mol. The number of nitriles is 1. The average Bonchev–Trinajstić information content (AvgIpc) is 2.71. The van der Waals surface area contributed by atoms with Crippen LogP contribution < -0.4 is 20.6 Å². The summed E-state index contributed by atoms with van der Waals surface area (Å²) in [6.45, 7) is 3.56. The minimum absolute atomic E-state index is 0.0478. The lowest BCUT2D eigenvalue weighted by Gasteiger charge is -2.24. The Balaban J connectivity index is 1.69. The maximum Gasteiger partial charge on any atom is 0.347 e. The number of benzene rings is 2. The number of carbonyl (C=O) groups excluding carboxylic acids is 1. The largest absolute Gasteiger partial charge is 0.454 e. The fourth-order valence-corrected chi connectivity index (χ4v) is 3.38. The second kappa shape index (κ2) is 7.55. The second-order valence-corrected chi connectivity index (χ2v) is 6.99. The number of ether oxygens (including phenoxy) is 1. The van der Waals surface area contributed by atoms with E-state index in [4.69, 9.17) is 33.2 Å². The SMILES string of the molecule is C=C1NC(=O)N(c2cc(Cl)c(Oc3ccc4c(=O)[nH]ccc4c3)c(Cl)c2)N=C1C#N. The van der Waals surface area contributed by atoms with E-state index >= 15 is 0 Å². The van der Waals surface area contributed by atoms with Gasteiger partial charge in [-0.3, -0.25) is 4.79 Å². The van der Waals surface area contributed by atoms with E-state index in [-0.39, 0.29) is 38.5 Å². The molecule has 2 amide bonds. The lowest BCUT2D eigenvalue weighted by Crippen LogP contribution is -2.42. The number of allylic oxidation sites excluding steroid dienone is 1. The van der Waals surface area contributed by atoms with Crippen molar-refractivity contribution >= 4 is 51.4 Å². The van der Waals surface area contributed by atoms with Gasteiger partial charge < -0.3 is 15.0 Å². The number of fused-ring (bicyclic) bond motifs is 1. The summed E-state index contributed by atoms with van der Waals surface area (Å²) in [6, 6.07) is 10.8. The van der Waals surface area contributed by atoms with E-state index in [0.29, 0.717) is 16.5 Å². The molecule has 1 aliphatic heterocycles. The summed E-state index contributed by atoms with van der Waals surface area (Å²) in [4.78, 5) is 26.6. The number of amides is 2. The zero-order valence-corrected chi connectivity index (χ0v) is 16.6. The molecule has 0 unspecified atom stereocenters. The van der Waals surface area contributed by atoms with Crippen molar-refractivity contribution in [3.05, 3.63) is 75.3 Å². The van der Waals surface area contributed by atoms with Gasteiger partial charge in [0, 0.05) is 11.6 Å². The fraction of sp³-hybridized carbons (Fsp3) is 0. The molecule has 30 heavy (non-hydrogen) atoms. The van der Waals surface area contributed by atoms with Crippen molar-refractivity contribution in [3.63, 3.8) is 0 Å². The van der Waals surface area contributed by atoms with Crippen molar-refractivity contribution in [1.29, 1.82) is 5.26 Å². The molecule has 0 radical (unpaired) electrons. The van der Waals surface area contributed by atoms with Crippen molar-refractivity contribution in [2.45, 2.75) is 0 Å². The molecule has 10 heteroatoms. The summed E-state index contributed by atoms with van der Waals surface area (Å²) < 4.78 is 5.82. The number of H-pyrrole nitrogens is 1. The molecule has 3 aromatic rings. The van der Waals surface area contributed by atoms with Gasteiger partial charge in [0.15, 0.2) is 11.5 Å². The van der Waals surface area contributed by atoms with Crippen molar-refractivity contribution in [3.8, 4) is 17.6 Å². The molecule has 2 aromatic carbocycles. The molecule has 4 rings (SSSR count). The maximum absolute atomic E-state index is 12.2. The third-order valence-corrected chi connectivity index (χ3v) is 4.80. The Hall–Kier alpha value is -3.80. The monoisotopic (exact) mass is 439 g/mol. The number of carbonyl (C=O) groups is 1. The Bertz CT molecular complexity index is 1330. The Labute approximate surface area is 179 Å². The van der Waals surface area contributed by atoms with Gasteiger partial charge in [0.05, 0.1) is 21.4 Å². The number of anilines is 1. The molecule has 8 nitrogen and oxygen atoms in total. The quantitative estimate of drug-likeness (QED) is 0.623. The normalized spacial score (nSPS) is 13.6. The van der Waals surface area contributed by atoms with Gasteiger partial charge in [0.1, 0.15) is 11.8 Å². The molecule has 0 saturated carbocycles. The van der Waals surface area contributed by atoms with E-state index < -0.39 is 6.03 Å². The molecule has 0 atom stereocenters. The van der Waals surface area contributed by atoms with E-state index in [1.165, 1.54) is 18.3 Å². The molecule has 0 spiro atoms. The van der Waals surface area contributed by atoms with Crippen LogP contribution in [0, 0.1) is 11.3 Å². The topological polar surface area (TPSA) is 111 Å². The number of aromatic amines is 1. The summed E-state index contributed by atoms with van der Waals surface area (Å²) in [5, 5.41) is 17.9. The van der Waals surface area contributed by atoms with E-state index in [2.05, 4.69) is 22.0 Å². The number of hydrogen-bond acceptors (Lipinski definition) is 5. The van der Waals surface area contributed by atoms with Crippen LogP contribution in [-0.2, 0) is 0 Å². The molecule has 0 fully saturated rings. The number of pyridine rings is 1. The number of halogens is 2. The highest BCUT2D eigenvalue weighted by Gasteiger charge is 2.26. The summed E-state index contributed by atoms with van der Waals surface area (Å²) in [5.41, 5.74) is 0.0822. The maximum atomic E-state index is 12.2. The number of urea groups is 1. The predicted octanol–water partition coefficient (Wildman–Crippen LogP) is 4.55. The van der Waals surface area contributed by atoms with Gasteiger partial charge in [-0.1, -0.05) is 29.8 Å². The van der Waals surface area contributed by atoms with Crippen molar-refractivity contribution < 1.29 is 9.53 Å². The van der Waals surface area contributed by atoms with Gasteiger partial charge >= 0.3 is 6.03 Å². The first-order chi connectivity index (χ1) is 14.4. The smallest absolute Gasteiger partial charge is 0.347 e. The zero-order chi connectivity index (χ0) is 21.4. The first kappa shape index (κ1) is 19.5. The van der Waals surface area contributed by atoms with Crippen molar-refractivity contribution in [2.75, 3.05) is 5.01 Å². The van der Waals surface area contributed by atoms with Crippen LogP contribution in [0.3, 0.4) is 0 Å². The van der Waals surface area contributed by atoms with Gasteiger partial charge in [-0.15, -0.1) is 0 Å². The van der Waals surface area contributed by atoms with Crippen LogP contribution in [0.4, 0.5) is 10.5 Å².